The molecule has 4 nitrogen and oxygen atoms in total. The van der Waals surface area contributed by atoms with Gasteiger partial charge in [0, 0.05) is 30.4 Å². The predicted octanol–water partition coefficient (Wildman–Crippen LogP) is 2.60. The summed E-state index contributed by atoms with van der Waals surface area (Å²) in [5.41, 5.74) is 0.423. The van der Waals surface area contributed by atoms with Crippen molar-refractivity contribution >= 4 is 11.3 Å². The molecule has 1 fully saturated rings. The number of hydrogen-bond acceptors (Lipinski definition) is 5. The number of nitrogens with one attached hydrogen (secondary N) is 1. The molecule has 5 heteroatoms. The lowest BCUT2D eigenvalue weighted by atomic mass is 10.0. The highest BCUT2D eigenvalue weighted by molar-refractivity contribution is 7.14. The highest BCUT2D eigenvalue weighted by Gasteiger charge is 2.30. The van der Waals surface area contributed by atoms with Gasteiger partial charge in [-0.25, -0.2) is 4.98 Å². The molecule has 0 radical (unpaired) electrons. The summed E-state index contributed by atoms with van der Waals surface area (Å²) >= 11 is 1.65. The van der Waals surface area contributed by atoms with Gasteiger partial charge in [-0.3, -0.25) is 4.98 Å². The summed E-state index contributed by atoms with van der Waals surface area (Å²) in [4.78, 5) is 9.89. The first-order valence-corrected chi connectivity index (χ1v) is 7.86. The zero-order chi connectivity index (χ0) is 13.8. The van der Waals surface area contributed by atoms with Crippen LogP contribution in [0.25, 0.3) is 10.7 Å². The van der Waals surface area contributed by atoms with Gasteiger partial charge in [-0.05, 0) is 25.0 Å². The van der Waals surface area contributed by atoms with Gasteiger partial charge >= 0.3 is 0 Å². The van der Waals surface area contributed by atoms with E-state index in [2.05, 4.69) is 15.3 Å². The Labute approximate surface area is 122 Å². The molecule has 1 aliphatic rings. The molecule has 2 aromatic rings. The quantitative estimate of drug-likeness (QED) is 0.888. The number of rotatable bonds is 5. The van der Waals surface area contributed by atoms with Crippen LogP contribution in [-0.4, -0.2) is 27.2 Å². The lowest BCUT2D eigenvalue weighted by Gasteiger charge is -2.22. The molecule has 3 rings (SSSR count). The Morgan fingerprint density at radius 1 is 1.25 bits per heavy atom. The summed E-state index contributed by atoms with van der Waals surface area (Å²) in [5, 5.41) is 14.6. The first-order chi connectivity index (χ1) is 9.75. The predicted molar refractivity (Wildman–Crippen MR) is 80.5 cm³/mol. The molecular weight excluding hydrogens is 270 g/mol. The van der Waals surface area contributed by atoms with Crippen LogP contribution in [-0.2, 0) is 6.54 Å². The number of nitrogens with zero attached hydrogens (tertiary/aromatic N) is 2. The van der Waals surface area contributed by atoms with Gasteiger partial charge in [0.15, 0.2) is 0 Å². The maximum atomic E-state index is 10.3. The first kappa shape index (κ1) is 13.7. The maximum Gasteiger partial charge on any atom is 0.142 e. The Morgan fingerprint density at radius 3 is 2.85 bits per heavy atom. The maximum absolute atomic E-state index is 10.3. The van der Waals surface area contributed by atoms with Crippen molar-refractivity contribution in [1.82, 2.24) is 15.3 Å². The van der Waals surface area contributed by atoms with Crippen LogP contribution in [0.15, 0.2) is 30.6 Å². The van der Waals surface area contributed by atoms with Crippen LogP contribution in [0.2, 0.25) is 0 Å². The first-order valence-electron chi connectivity index (χ1n) is 7.04. The molecular formula is C15H19N3OS. The van der Waals surface area contributed by atoms with Crippen molar-refractivity contribution in [1.29, 1.82) is 0 Å². The summed E-state index contributed by atoms with van der Waals surface area (Å²) in [6.07, 6.45) is 7.79. The Hall–Kier alpha value is -1.30. The van der Waals surface area contributed by atoms with Crippen LogP contribution in [0.4, 0.5) is 0 Å². The lowest BCUT2D eigenvalue weighted by molar-refractivity contribution is 0.0475. The molecule has 20 heavy (non-hydrogen) atoms. The molecule has 1 aliphatic carbocycles. The number of thiazole rings is 1. The Kier molecular flexibility index (Phi) is 4.10. The van der Waals surface area contributed by atoms with Crippen molar-refractivity contribution < 1.29 is 5.11 Å². The molecule has 0 spiro atoms. The second-order valence-electron chi connectivity index (χ2n) is 5.38. The van der Waals surface area contributed by atoms with Crippen molar-refractivity contribution in [3.05, 3.63) is 35.5 Å². The molecule has 0 amide bonds. The minimum Gasteiger partial charge on any atom is -0.389 e. The summed E-state index contributed by atoms with van der Waals surface area (Å²) < 4.78 is 0. The highest BCUT2D eigenvalue weighted by Crippen LogP contribution is 2.29. The van der Waals surface area contributed by atoms with Crippen LogP contribution in [0.1, 0.15) is 30.6 Å². The van der Waals surface area contributed by atoms with Gasteiger partial charge < -0.3 is 10.4 Å². The van der Waals surface area contributed by atoms with E-state index in [1.54, 1.807) is 17.5 Å². The molecule has 0 aliphatic heterocycles. The second-order valence-corrected chi connectivity index (χ2v) is 6.50. The van der Waals surface area contributed by atoms with Gasteiger partial charge in [0.25, 0.3) is 0 Å². The molecule has 0 saturated heterocycles. The van der Waals surface area contributed by atoms with Crippen LogP contribution >= 0.6 is 11.3 Å². The third kappa shape index (κ3) is 3.23. The van der Waals surface area contributed by atoms with Crippen LogP contribution in [0.5, 0.6) is 0 Å². The van der Waals surface area contributed by atoms with Crippen LogP contribution < -0.4 is 5.32 Å². The van der Waals surface area contributed by atoms with Gasteiger partial charge in [-0.1, -0.05) is 18.9 Å². The average Bonchev–Trinajstić information content (AvgIpc) is 3.10. The summed E-state index contributed by atoms with van der Waals surface area (Å²) in [6, 6.07) is 5.84. The minimum atomic E-state index is -0.492. The molecule has 0 bridgehead atoms. The van der Waals surface area contributed by atoms with Gasteiger partial charge in [0.05, 0.1) is 11.3 Å². The minimum absolute atomic E-state index is 0.492. The van der Waals surface area contributed by atoms with Crippen molar-refractivity contribution in [2.75, 3.05) is 6.54 Å². The molecule has 2 heterocycles. The van der Waals surface area contributed by atoms with Gasteiger partial charge in [-0.2, -0.15) is 0 Å². The third-order valence-corrected chi connectivity index (χ3v) is 4.74. The van der Waals surface area contributed by atoms with Gasteiger partial charge in [0.1, 0.15) is 5.01 Å². The van der Waals surface area contributed by atoms with E-state index >= 15 is 0 Å². The van der Waals surface area contributed by atoms with E-state index in [9.17, 15) is 5.11 Å². The number of hydrogen-bond donors (Lipinski definition) is 2. The smallest absolute Gasteiger partial charge is 0.142 e. The van der Waals surface area contributed by atoms with E-state index in [-0.39, 0.29) is 0 Å². The molecule has 0 aromatic carbocycles. The zero-order valence-electron chi connectivity index (χ0n) is 11.4. The van der Waals surface area contributed by atoms with E-state index in [0.29, 0.717) is 6.54 Å². The SMILES string of the molecule is OC1(CNCc2cnc(-c3ccccn3)s2)CCCC1. The molecule has 1 saturated carbocycles. The highest BCUT2D eigenvalue weighted by atomic mass is 32.1. The van der Waals surface area contributed by atoms with E-state index in [4.69, 9.17) is 0 Å². The monoisotopic (exact) mass is 289 g/mol. The number of aromatic nitrogens is 2. The van der Waals surface area contributed by atoms with Crippen molar-refractivity contribution in [3.63, 3.8) is 0 Å². The summed E-state index contributed by atoms with van der Waals surface area (Å²) in [6.45, 7) is 1.43. The summed E-state index contributed by atoms with van der Waals surface area (Å²) in [5.74, 6) is 0. The lowest BCUT2D eigenvalue weighted by Crippen LogP contribution is -2.37. The summed E-state index contributed by atoms with van der Waals surface area (Å²) in [7, 11) is 0. The molecule has 2 aromatic heterocycles. The van der Waals surface area contributed by atoms with Crippen molar-refractivity contribution in [3.8, 4) is 10.7 Å². The number of pyridine rings is 1. The third-order valence-electron chi connectivity index (χ3n) is 3.73. The van der Waals surface area contributed by atoms with Crippen molar-refractivity contribution in [2.45, 2.75) is 37.8 Å². The second kappa shape index (κ2) is 5.99. The topological polar surface area (TPSA) is 58.0 Å². The molecule has 0 unspecified atom stereocenters. The zero-order valence-corrected chi connectivity index (χ0v) is 12.2. The Bertz CT molecular complexity index is 549. The number of aliphatic hydroxyl groups is 1. The van der Waals surface area contributed by atoms with E-state index in [0.717, 1.165) is 42.9 Å². The molecule has 106 valence electrons. The fourth-order valence-electron chi connectivity index (χ4n) is 2.63. The van der Waals surface area contributed by atoms with Crippen molar-refractivity contribution in [2.24, 2.45) is 0 Å². The Balaban J connectivity index is 1.55. The van der Waals surface area contributed by atoms with Crippen LogP contribution in [0, 0.1) is 0 Å². The van der Waals surface area contributed by atoms with Gasteiger partial charge in [0.2, 0.25) is 0 Å². The largest absolute Gasteiger partial charge is 0.389 e. The van der Waals surface area contributed by atoms with E-state index < -0.39 is 5.60 Å². The fourth-order valence-corrected chi connectivity index (χ4v) is 3.48. The van der Waals surface area contributed by atoms with E-state index in [1.807, 2.05) is 24.4 Å². The Morgan fingerprint density at radius 2 is 2.10 bits per heavy atom. The average molecular weight is 289 g/mol. The van der Waals surface area contributed by atoms with Crippen LogP contribution in [0.3, 0.4) is 0 Å². The molecule has 0 atom stereocenters. The van der Waals surface area contributed by atoms with E-state index in [1.165, 1.54) is 4.88 Å². The normalized spacial score (nSPS) is 17.4. The standard InChI is InChI=1S/C15H19N3OS/c19-15(6-2-3-7-15)11-16-9-12-10-18-14(20-12)13-5-1-4-8-17-13/h1,4-5,8,10,16,19H,2-3,6-7,9,11H2. The molecule has 2 N–H and O–H groups in total. The fraction of sp³-hybridized carbons (Fsp3) is 0.467. The van der Waals surface area contributed by atoms with Gasteiger partial charge in [-0.15, -0.1) is 11.3 Å².